The third kappa shape index (κ3) is 3.70. The maximum absolute atomic E-state index is 12.9. The summed E-state index contributed by atoms with van der Waals surface area (Å²) in [5.41, 5.74) is 1.17. The minimum atomic E-state index is -3.73. The number of sulfonamides is 1. The van der Waals surface area contributed by atoms with Crippen molar-refractivity contribution in [3.63, 3.8) is 0 Å². The number of nitrogens with two attached hydrogens (primary N) is 1. The van der Waals surface area contributed by atoms with E-state index in [0.717, 1.165) is 5.56 Å². The zero-order chi connectivity index (χ0) is 20.7. The first-order chi connectivity index (χ1) is 13.1. The third-order valence-electron chi connectivity index (χ3n) is 5.33. The van der Waals surface area contributed by atoms with Gasteiger partial charge in [-0.3, -0.25) is 4.79 Å². The highest BCUT2D eigenvalue weighted by Gasteiger charge is 2.59. The largest absolute Gasteiger partial charge is 0.497 e. The van der Waals surface area contributed by atoms with Gasteiger partial charge in [-0.25, -0.2) is 13.6 Å². The number of carbonyl (C=O) groups is 1. The van der Waals surface area contributed by atoms with Gasteiger partial charge >= 0.3 is 0 Å². The van der Waals surface area contributed by atoms with E-state index in [9.17, 15) is 13.2 Å². The molecule has 1 aliphatic rings. The van der Waals surface area contributed by atoms with E-state index in [-0.39, 0.29) is 28.2 Å². The molecule has 0 spiro atoms. The minimum Gasteiger partial charge on any atom is -0.497 e. The van der Waals surface area contributed by atoms with Crippen LogP contribution >= 0.6 is 0 Å². The summed E-state index contributed by atoms with van der Waals surface area (Å²) in [6.07, 6.45) is 0. The van der Waals surface area contributed by atoms with Crippen molar-refractivity contribution >= 4 is 15.9 Å². The Morgan fingerprint density at radius 3 is 2.25 bits per heavy atom. The second-order valence-corrected chi connectivity index (χ2v) is 8.99. The van der Waals surface area contributed by atoms with Crippen LogP contribution in [0, 0.1) is 5.41 Å². The molecule has 150 valence electrons. The number of rotatable bonds is 6. The van der Waals surface area contributed by atoms with Crippen molar-refractivity contribution in [2.24, 2.45) is 10.6 Å². The van der Waals surface area contributed by atoms with E-state index in [1.807, 2.05) is 0 Å². The number of primary sulfonamides is 1. The second kappa shape index (κ2) is 7.10. The fraction of sp³-hybridized carbons (Fsp3) is 0.350. The number of benzene rings is 2. The zero-order valence-electron chi connectivity index (χ0n) is 16.2. The average Bonchev–Trinajstić information content (AvgIpc) is 3.20. The molecule has 1 fully saturated rings. The molecule has 28 heavy (non-hydrogen) atoms. The van der Waals surface area contributed by atoms with E-state index >= 15 is 0 Å². The third-order valence-corrected chi connectivity index (χ3v) is 6.26. The minimum absolute atomic E-state index is 0.0579. The lowest BCUT2D eigenvalue weighted by molar-refractivity contribution is 0.0942. The normalized spacial score (nSPS) is 20.3. The van der Waals surface area contributed by atoms with E-state index in [0.29, 0.717) is 17.1 Å². The van der Waals surface area contributed by atoms with Crippen LogP contribution < -0.4 is 19.9 Å². The predicted octanol–water partition coefficient (Wildman–Crippen LogP) is 2.27. The smallest absolute Gasteiger partial charge is 0.255 e. The van der Waals surface area contributed by atoms with Crippen molar-refractivity contribution in [1.29, 1.82) is 0 Å². The molecule has 0 saturated heterocycles. The van der Waals surface area contributed by atoms with Crippen LogP contribution in [0.2, 0.25) is 0 Å². The summed E-state index contributed by atoms with van der Waals surface area (Å²) in [7, 11) is -0.686. The highest BCUT2D eigenvalue weighted by Crippen LogP contribution is 2.58. The Hall–Kier alpha value is -2.58. The second-order valence-electron chi connectivity index (χ2n) is 7.43. The molecule has 0 bridgehead atoms. The van der Waals surface area contributed by atoms with E-state index in [1.165, 1.54) is 26.4 Å². The van der Waals surface area contributed by atoms with Crippen molar-refractivity contribution in [1.82, 2.24) is 5.32 Å². The number of methoxy groups -OCH3 is 2. The van der Waals surface area contributed by atoms with E-state index in [2.05, 4.69) is 19.2 Å². The molecule has 1 amide bonds. The van der Waals surface area contributed by atoms with Gasteiger partial charge in [0.25, 0.3) is 5.91 Å². The van der Waals surface area contributed by atoms with Gasteiger partial charge in [0.2, 0.25) is 10.0 Å². The number of carbonyl (C=O) groups excluding carboxylic acids is 1. The first kappa shape index (κ1) is 20.2. The summed E-state index contributed by atoms with van der Waals surface area (Å²) < 4.78 is 33.4. The molecule has 0 radical (unpaired) electrons. The Morgan fingerprint density at radius 2 is 1.71 bits per heavy atom. The quantitative estimate of drug-likeness (QED) is 0.768. The maximum atomic E-state index is 12.9. The van der Waals surface area contributed by atoms with Crippen LogP contribution in [0.5, 0.6) is 11.5 Å². The van der Waals surface area contributed by atoms with Crippen molar-refractivity contribution < 1.29 is 22.7 Å². The van der Waals surface area contributed by atoms with Crippen molar-refractivity contribution in [2.45, 2.75) is 30.7 Å². The molecule has 0 aromatic heterocycles. The van der Waals surface area contributed by atoms with Gasteiger partial charge in [0.15, 0.2) is 0 Å². The van der Waals surface area contributed by atoms with Gasteiger partial charge in [-0.15, -0.1) is 0 Å². The summed E-state index contributed by atoms with van der Waals surface area (Å²) in [5, 5.41) is 8.22. The van der Waals surface area contributed by atoms with Gasteiger partial charge in [-0.1, -0.05) is 26.0 Å². The van der Waals surface area contributed by atoms with Crippen LogP contribution in [0.15, 0.2) is 47.4 Å². The van der Waals surface area contributed by atoms with E-state index in [4.69, 9.17) is 14.6 Å². The summed E-state index contributed by atoms with van der Waals surface area (Å²) in [6, 6.07) is 11.4. The Labute approximate surface area is 164 Å². The highest BCUT2D eigenvalue weighted by atomic mass is 32.2. The molecule has 2 aromatic carbocycles. The van der Waals surface area contributed by atoms with Gasteiger partial charge in [-0.05, 0) is 41.3 Å². The number of hydrogen-bond acceptors (Lipinski definition) is 5. The molecule has 2 atom stereocenters. The first-order valence-electron chi connectivity index (χ1n) is 8.75. The highest BCUT2D eigenvalue weighted by molar-refractivity contribution is 7.89. The molecule has 7 nitrogen and oxygen atoms in total. The molecule has 1 saturated carbocycles. The number of nitrogens with one attached hydrogen (secondary N) is 1. The molecular weight excluding hydrogens is 380 g/mol. The molecular formula is C20H24N2O5S. The van der Waals surface area contributed by atoms with Crippen LogP contribution in [0.25, 0.3) is 0 Å². The number of ether oxygens (including phenoxy) is 2. The van der Waals surface area contributed by atoms with Gasteiger partial charge in [0.05, 0.1) is 24.7 Å². The van der Waals surface area contributed by atoms with Crippen molar-refractivity contribution in [3.8, 4) is 11.5 Å². The van der Waals surface area contributed by atoms with E-state index in [1.54, 1.807) is 30.3 Å². The SMILES string of the molecule is COc1ccc(OC)c(C(=O)N[C@H]2[C@H](c3ccc(S(N)(=O)=O)cc3)C2(C)C)c1. The molecule has 1 aliphatic carbocycles. The van der Waals surface area contributed by atoms with Gasteiger partial charge < -0.3 is 14.8 Å². The monoisotopic (exact) mass is 404 g/mol. The molecule has 8 heteroatoms. The number of amides is 1. The molecule has 0 heterocycles. The standard InChI is InChI=1S/C20H24N2O5S/c1-20(2)17(12-5-8-14(9-6-12)28(21,24)25)18(20)22-19(23)15-11-13(26-3)7-10-16(15)27-4/h5-11,17-18H,1-4H3,(H,22,23)(H2,21,24,25)/t17-,18-/m0/s1. The zero-order valence-corrected chi connectivity index (χ0v) is 17.0. The Bertz CT molecular complexity index is 1000. The Morgan fingerprint density at radius 1 is 1.07 bits per heavy atom. The summed E-state index contributed by atoms with van der Waals surface area (Å²) in [6.45, 7) is 4.11. The van der Waals surface area contributed by atoms with Gasteiger partial charge in [0.1, 0.15) is 11.5 Å². The lowest BCUT2D eigenvalue weighted by atomic mass is 10.0. The van der Waals surface area contributed by atoms with Crippen LogP contribution in [0.1, 0.15) is 35.7 Å². The molecule has 3 rings (SSSR count). The van der Waals surface area contributed by atoms with Crippen molar-refractivity contribution in [2.75, 3.05) is 14.2 Å². The topological polar surface area (TPSA) is 108 Å². The predicted molar refractivity (Wildman–Crippen MR) is 105 cm³/mol. The fourth-order valence-electron chi connectivity index (χ4n) is 3.60. The summed E-state index contributed by atoms with van der Waals surface area (Å²) in [4.78, 5) is 12.9. The molecule has 0 unspecified atom stereocenters. The average molecular weight is 404 g/mol. The van der Waals surface area contributed by atoms with Gasteiger partial charge in [0, 0.05) is 12.0 Å². The van der Waals surface area contributed by atoms with Crippen LogP contribution in [-0.2, 0) is 10.0 Å². The summed E-state index contributed by atoms with van der Waals surface area (Å²) in [5.74, 6) is 0.835. The molecule has 2 aromatic rings. The van der Waals surface area contributed by atoms with Crippen molar-refractivity contribution in [3.05, 3.63) is 53.6 Å². The Balaban J connectivity index is 1.81. The van der Waals surface area contributed by atoms with E-state index < -0.39 is 10.0 Å². The maximum Gasteiger partial charge on any atom is 0.255 e. The Kier molecular flexibility index (Phi) is 5.12. The van der Waals surface area contributed by atoms with Crippen LogP contribution in [-0.4, -0.2) is 34.6 Å². The molecule has 3 N–H and O–H groups in total. The number of hydrogen-bond donors (Lipinski definition) is 2. The first-order valence-corrected chi connectivity index (χ1v) is 10.3. The van der Waals surface area contributed by atoms with Crippen LogP contribution in [0.4, 0.5) is 0 Å². The lowest BCUT2D eigenvalue weighted by Crippen LogP contribution is -2.29. The fourth-order valence-corrected chi connectivity index (χ4v) is 4.12. The summed E-state index contributed by atoms with van der Waals surface area (Å²) >= 11 is 0. The van der Waals surface area contributed by atoms with Gasteiger partial charge in [-0.2, -0.15) is 0 Å². The van der Waals surface area contributed by atoms with Crippen LogP contribution in [0.3, 0.4) is 0 Å². The lowest BCUT2D eigenvalue weighted by Gasteiger charge is -2.11. The molecule has 0 aliphatic heterocycles.